The normalized spacial score (nSPS) is 14.9. The second kappa shape index (κ2) is 10.5. The highest BCUT2D eigenvalue weighted by atomic mass is 35.5. The number of likely N-dealkylation sites (tertiary alicyclic amines) is 1. The standard InChI is InChI=1S/C23H29ClN4O2/c1-27(2)20-11-7-18(8-12-20)21(28-13-3-4-14-28)16-26-23(30)22(29)25-15-17-5-9-19(24)10-6-17/h5-12,21H,3-4,13-16H2,1-2H3,(H,25,29)(H,26,30)/t21-/m0/s1. The van der Waals surface area contributed by atoms with Crippen LogP contribution < -0.4 is 15.5 Å². The van der Waals surface area contributed by atoms with Gasteiger partial charge in [0.15, 0.2) is 0 Å². The van der Waals surface area contributed by atoms with Gasteiger partial charge in [-0.05, 0) is 61.3 Å². The highest BCUT2D eigenvalue weighted by Gasteiger charge is 2.25. The number of benzene rings is 2. The molecule has 0 aliphatic carbocycles. The van der Waals surface area contributed by atoms with Gasteiger partial charge in [-0.1, -0.05) is 35.9 Å². The molecule has 7 heteroatoms. The summed E-state index contributed by atoms with van der Waals surface area (Å²) in [7, 11) is 4.02. The van der Waals surface area contributed by atoms with E-state index in [1.54, 1.807) is 12.1 Å². The molecule has 2 amide bonds. The van der Waals surface area contributed by atoms with Gasteiger partial charge in [-0.25, -0.2) is 0 Å². The maximum Gasteiger partial charge on any atom is 0.309 e. The van der Waals surface area contributed by atoms with Gasteiger partial charge < -0.3 is 15.5 Å². The number of carbonyl (C=O) groups excluding carboxylic acids is 2. The van der Waals surface area contributed by atoms with Crippen LogP contribution in [-0.2, 0) is 16.1 Å². The summed E-state index contributed by atoms with van der Waals surface area (Å²) >= 11 is 5.87. The molecule has 1 heterocycles. The number of anilines is 1. The molecule has 2 aromatic carbocycles. The number of hydrogen-bond acceptors (Lipinski definition) is 4. The van der Waals surface area contributed by atoms with Gasteiger partial charge in [0.2, 0.25) is 0 Å². The maximum atomic E-state index is 12.3. The Kier molecular flexibility index (Phi) is 7.71. The second-order valence-electron chi connectivity index (χ2n) is 7.76. The molecule has 0 unspecified atom stereocenters. The van der Waals surface area contributed by atoms with Crippen LogP contribution in [0.25, 0.3) is 0 Å². The molecule has 0 aromatic heterocycles. The molecule has 160 valence electrons. The molecule has 6 nitrogen and oxygen atoms in total. The lowest BCUT2D eigenvalue weighted by Gasteiger charge is -2.28. The number of halogens is 1. The van der Waals surface area contributed by atoms with Crippen molar-refractivity contribution in [2.75, 3.05) is 38.6 Å². The van der Waals surface area contributed by atoms with Crippen LogP contribution in [0.3, 0.4) is 0 Å². The third kappa shape index (κ3) is 5.97. The summed E-state index contributed by atoms with van der Waals surface area (Å²) in [5.74, 6) is -1.24. The smallest absolute Gasteiger partial charge is 0.309 e. The average Bonchev–Trinajstić information content (AvgIpc) is 3.28. The van der Waals surface area contributed by atoms with E-state index in [9.17, 15) is 9.59 Å². The number of amides is 2. The fourth-order valence-corrected chi connectivity index (χ4v) is 3.77. The van der Waals surface area contributed by atoms with E-state index in [2.05, 4.69) is 44.7 Å². The minimum Gasteiger partial charge on any atom is -0.378 e. The van der Waals surface area contributed by atoms with E-state index in [0.29, 0.717) is 11.6 Å². The Labute approximate surface area is 183 Å². The first-order chi connectivity index (χ1) is 14.4. The van der Waals surface area contributed by atoms with Crippen molar-refractivity contribution in [3.05, 3.63) is 64.7 Å². The van der Waals surface area contributed by atoms with Crippen molar-refractivity contribution in [2.45, 2.75) is 25.4 Å². The van der Waals surface area contributed by atoms with E-state index >= 15 is 0 Å². The van der Waals surface area contributed by atoms with Crippen molar-refractivity contribution in [3.63, 3.8) is 0 Å². The first-order valence-corrected chi connectivity index (χ1v) is 10.6. The zero-order valence-electron chi connectivity index (χ0n) is 17.5. The molecule has 2 aromatic rings. The lowest BCUT2D eigenvalue weighted by atomic mass is 10.0. The van der Waals surface area contributed by atoms with Crippen molar-refractivity contribution < 1.29 is 9.59 Å². The predicted octanol–water partition coefficient (Wildman–Crippen LogP) is 2.98. The molecule has 1 fully saturated rings. The summed E-state index contributed by atoms with van der Waals surface area (Å²) in [5, 5.41) is 6.11. The summed E-state index contributed by atoms with van der Waals surface area (Å²) in [5.41, 5.74) is 3.16. The van der Waals surface area contributed by atoms with Crippen molar-refractivity contribution in [2.24, 2.45) is 0 Å². The quantitative estimate of drug-likeness (QED) is 0.665. The summed E-state index contributed by atoms with van der Waals surface area (Å²) in [6.45, 7) is 2.68. The third-order valence-electron chi connectivity index (χ3n) is 5.40. The molecule has 2 N–H and O–H groups in total. The fraction of sp³-hybridized carbons (Fsp3) is 0.391. The number of rotatable bonds is 7. The number of carbonyl (C=O) groups is 2. The summed E-state index contributed by atoms with van der Waals surface area (Å²) < 4.78 is 0. The van der Waals surface area contributed by atoms with Crippen molar-refractivity contribution in [1.29, 1.82) is 0 Å². The first kappa shape index (κ1) is 22.1. The Morgan fingerprint density at radius 3 is 2.17 bits per heavy atom. The SMILES string of the molecule is CN(C)c1ccc([C@H](CNC(=O)C(=O)NCc2ccc(Cl)cc2)N2CCCC2)cc1. The molecule has 30 heavy (non-hydrogen) atoms. The van der Waals surface area contributed by atoms with Gasteiger partial charge in [0, 0.05) is 37.9 Å². The Bertz CT molecular complexity index is 847. The highest BCUT2D eigenvalue weighted by Crippen LogP contribution is 2.26. The van der Waals surface area contributed by atoms with Gasteiger partial charge in [0.05, 0.1) is 6.04 Å². The van der Waals surface area contributed by atoms with Crippen LogP contribution in [0, 0.1) is 0 Å². The van der Waals surface area contributed by atoms with E-state index < -0.39 is 11.8 Å². The molecule has 3 rings (SSSR count). The van der Waals surface area contributed by atoms with Crippen LogP contribution in [0.1, 0.15) is 30.0 Å². The van der Waals surface area contributed by atoms with Gasteiger partial charge in [0.1, 0.15) is 0 Å². The molecule has 0 spiro atoms. The predicted molar refractivity (Wildman–Crippen MR) is 121 cm³/mol. The summed E-state index contributed by atoms with van der Waals surface area (Å²) in [4.78, 5) is 29.0. The van der Waals surface area contributed by atoms with Gasteiger partial charge >= 0.3 is 11.8 Å². The number of nitrogens with zero attached hydrogens (tertiary/aromatic N) is 2. The topological polar surface area (TPSA) is 64.7 Å². The van der Waals surface area contributed by atoms with Crippen LogP contribution in [0.15, 0.2) is 48.5 Å². The molecule has 1 aliphatic rings. The van der Waals surface area contributed by atoms with E-state index in [0.717, 1.165) is 42.7 Å². The Morgan fingerprint density at radius 1 is 0.967 bits per heavy atom. The van der Waals surface area contributed by atoms with Gasteiger partial charge in [-0.2, -0.15) is 0 Å². The van der Waals surface area contributed by atoms with E-state index in [1.165, 1.54) is 0 Å². The van der Waals surface area contributed by atoms with Crippen molar-refractivity contribution in [1.82, 2.24) is 15.5 Å². The van der Waals surface area contributed by atoms with Crippen LogP contribution >= 0.6 is 11.6 Å². The van der Waals surface area contributed by atoms with Crippen LogP contribution in [0.5, 0.6) is 0 Å². The van der Waals surface area contributed by atoms with Gasteiger partial charge in [-0.15, -0.1) is 0 Å². The lowest BCUT2D eigenvalue weighted by molar-refractivity contribution is -0.139. The van der Waals surface area contributed by atoms with Gasteiger partial charge in [0.25, 0.3) is 0 Å². The molecular formula is C23H29ClN4O2. The third-order valence-corrected chi connectivity index (χ3v) is 5.66. The van der Waals surface area contributed by atoms with E-state index in [1.807, 2.05) is 26.2 Å². The maximum absolute atomic E-state index is 12.3. The highest BCUT2D eigenvalue weighted by molar-refractivity contribution is 6.35. The Balaban J connectivity index is 1.58. The molecular weight excluding hydrogens is 400 g/mol. The van der Waals surface area contributed by atoms with E-state index in [-0.39, 0.29) is 12.6 Å². The lowest BCUT2D eigenvalue weighted by Crippen LogP contribution is -2.43. The molecule has 0 saturated carbocycles. The molecule has 1 saturated heterocycles. The van der Waals surface area contributed by atoms with Crippen molar-refractivity contribution >= 4 is 29.1 Å². The minimum atomic E-state index is -0.631. The number of nitrogens with one attached hydrogen (secondary N) is 2. The monoisotopic (exact) mass is 428 g/mol. The molecule has 1 aliphatic heterocycles. The number of hydrogen-bond donors (Lipinski definition) is 2. The fourth-order valence-electron chi connectivity index (χ4n) is 3.64. The van der Waals surface area contributed by atoms with Crippen LogP contribution in [0.2, 0.25) is 5.02 Å². The van der Waals surface area contributed by atoms with Crippen LogP contribution in [-0.4, -0.2) is 50.4 Å². The average molecular weight is 429 g/mol. The first-order valence-electron chi connectivity index (χ1n) is 10.3. The zero-order chi connectivity index (χ0) is 21.5. The van der Waals surface area contributed by atoms with Crippen LogP contribution in [0.4, 0.5) is 5.69 Å². The Morgan fingerprint density at radius 2 is 1.57 bits per heavy atom. The Hall–Kier alpha value is -2.57. The zero-order valence-corrected chi connectivity index (χ0v) is 18.3. The van der Waals surface area contributed by atoms with Crippen molar-refractivity contribution in [3.8, 4) is 0 Å². The van der Waals surface area contributed by atoms with Gasteiger partial charge in [-0.3, -0.25) is 14.5 Å². The minimum absolute atomic E-state index is 0.0525. The molecule has 1 atom stereocenters. The largest absolute Gasteiger partial charge is 0.378 e. The molecule has 0 radical (unpaired) electrons. The summed E-state index contributed by atoms with van der Waals surface area (Å²) in [6.07, 6.45) is 2.31. The second-order valence-corrected chi connectivity index (χ2v) is 8.20. The molecule has 0 bridgehead atoms. The summed E-state index contributed by atoms with van der Waals surface area (Å²) in [6, 6.07) is 15.6. The van der Waals surface area contributed by atoms with E-state index in [4.69, 9.17) is 11.6 Å².